The van der Waals surface area contributed by atoms with Crippen LogP contribution in [0.15, 0.2) is 60.7 Å². The molecule has 0 fully saturated rings. The number of fused-ring (bicyclic) bond motifs is 1. The van der Waals surface area contributed by atoms with Crippen LogP contribution in [0.4, 0.5) is 0 Å². The zero-order valence-corrected chi connectivity index (χ0v) is 20.9. The number of hydrogen-bond donors (Lipinski definition) is 1. The van der Waals surface area contributed by atoms with Gasteiger partial charge in [0.25, 0.3) is 0 Å². The second kappa shape index (κ2) is 16.2. The fourth-order valence-corrected chi connectivity index (χ4v) is 3.84. The van der Waals surface area contributed by atoms with Crippen molar-refractivity contribution >= 4 is 10.8 Å². The Bertz CT molecular complexity index is 976. The van der Waals surface area contributed by atoms with Crippen LogP contribution in [0.2, 0.25) is 0 Å². The molecule has 0 aliphatic rings. The van der Waals surface area contributed by atoms with Crippen molar-refractivity contribution in [3.05, 3.63) is 66.2 Å². The Morgan fingerprint density at radius 1 is 0.600 bits per heavy atom. The molecule has 0 aromatic heterocycles. The molecular weight excluding hydrogens is 442 g/mol. The number of benzene rings is 3. The zero-order chi connectivity index (χ0) is 24.6. The van der Waals surface area contributed by atoms with Crippen LogP contribution in [-0.2, 0) is 25.4 Å². The van der Waals surface area contributed by atoms with E-state index in [1.54, 1.807) is 0 Å². The predicted molar refractivity (Wildman–Crippen MR) is 141 cm³/mol. The molecule has 0 aliphatic carbocycles. The van der Waals surface area contributed by atoms with Gasteiger partial charge in [-0.3, -0.25) is 0 Å². The Morgan fingerprint density at radius 3 is 1.77 bits per heavy atom. The summed E-state index contributed by atoms with van der Waals surface area (Å²) in [5.74, 6) is 0.874. The summed E-state index contributed by atoms with van der Waals surface area (Å²) >= 11 is 0. The quantitative estimate of drug-likeness (QED) is 0.262. The van der Waals surface area contributed by atoms with E-state index in [4.69, 9.17) is 29.4 Å². The van der Waals surface area contributed by atoms with Gasteiger partial charge in [-0.25, -0.2) is 0 Å². The molecule has 0 aliphatic heterocycles. The van der Waals surface area contributed by atoms with Gasteiger partial charge in [-0.2, -0.15) is 0 Å². The van der Waals surface area contributed by atoms with Gasteiger partial charge in [0.15, 0.2) is 0 Å². The maximum Gasteiger partial charge on any atom is 0.127 e. The first-order valence-corrected chi connectivity index (χ1v) is 12.6. The lowest BCUT2D eigenvalue weighted by Gasteiger charge is -2.13. The van der Waals surface area contributed by atoms with Crippen molar-refractivity contribution in [2.45, 2.75) is 19.8 Å². The van der Waals surface area contributed by atoms with Gasteiger partial charge < -0.3 is 29.4 Å². The predicted octanol–water partition coefficient (Wildman–Crippen LogP) is 4.86. The molecule has 0 heterocycles. The van der Waals surface area contributed by atoms with Crippen molar-refractivity contribution in [2.75, 3.05) is 66.0 Å². The van der Waals surface area contributed by atoms with Gasteiger partial charge in [0, 0.05) is 11.9 Å². The van der Waals surface area contributed by atoms with E-state index >= 15 is 0 Å². The maximum atomic E-state index is 6.06. The first-order chi connectivity index (χ1) is 17.3. The molecule has 6 heteroatoms. The molecule has 35 heavy (non-hydrogen) atoms. The number of nitrogens with two attached hydrogens (primary N) is 1. The Labute approximate surface area is 209 Å². The molecule has 2 N–H and O–H groups in total. The van der Waals surface area contributed by atoms with E-state index in [2.05, 4.69) is 61.5 Å². The van der Waals surface area contributed by atoms with E-state index < -0.39 is 0 Å². The summed E-state index contributed by atoms with van der Waals surface area (Å²) in [6.45, 7) is 7.55. The third kappa shape index (κ3) is 9.24. The third-order valence-electron chi connectivity index (χ3n) is 5.55. The second-order valence-electron chi connectivity index (χ2n) is 8.19. The van der Waals surface area contributed by atoms with Crippen molar-refractivity contribution in [3.8, 4) is 16.9 Å². The number of rotatable bonds is 18. The van der Waals surface area contributed by atoms with Gasteiger partial charge in [0.1, 0.15) is 12.4 Å². The van der Waals surface area contributed by atoms with Gasteiger partial charge in [0.05, 0.1) is 52.9 Å². The largest absolute Gasteiger partial charge is 0.491 e. The summed E-state index contributed by atoms with van der Waals surface area (Å²) in [7, 11) is 0. The van der Waals surface area contributed by atoms with Crippen LogP contribution in [0.25, 0.3) is 21.9 Å². The summed E-state index contributed by atoms with van der Waals surface area (Å²) in [6.07, 6.45) is 2.27. The SMILES string of the molecule is CCCc1ccc(-c2ccc(OCCOCCOCCOCCOCCN)c3ccccc23)cc1. The zero-order valence-electron chi connectivity index (χ0n) is 20.9. The smallest absolute Gasteiger partial charge is 0.127 e. The van der Waals surface area contributed by atoms with E-state index in [1.165, 1.54) is 22.1 Å². The molecule has 0 spiro atoms. The van der Waals surface area contributed by atoms with Crippen molar-refractivity contribution < 1.29 is 23.7 Å². The Morgan fingerprint density at radius 2 is 1.17 bits per heavy atom. The van der Waals surface area contributed by atoms with Crippen LogP contribution in [0.1, 0.15) is 18.9 Å². The molecule has 0 amide bonds. The summed E-state index contributed by atoms with van der Waals surface area (Å²) in [4.78, 5) is 0. The van der Waals surface area contributed by atoms with E-state index in [-0.39, 0.29) is 0 Å². The lowest BCUT2D eigenvalue weighted by molar-refractivity contribution is -0.00382. The fourth-order valence-electron chi connectivity index (χ4n) is 3.84. The highest BCUT2D eigenvalue weighted by Crippen LogP contribution is 2.34. The van der Waals surface area contributed by atoms with Crippen LogP contribution < -0.4 is 10.5 Å². The normalized spacial score (nSPS) is 11.3. The first kappa shape index (κ1) is 27.1. The van der Waals surface area contributed by atoms with Crippen LogP contribution in [0.3, 0.4) is 0 Å². The highest BCUT2D eigenvalue weighted by atomic mass is 16.6. The minimum atomic E-state index is 0.487. The molecule has 3 aromatic rings. The Hall–Kier alpha value is -2.48. The molecule has 3 rings (SSSR count). The molecule has 6 nitrogen and oxygen atoms in total. The minimum Gasteiger partial charge on any atom is -0.491 e. The minimum absolute atomic E-state index is 0.487. The molecule has 0 saturated carbocycles. The summed E-state index contributed by atoms with van der Waals surface area (Å²) in [6, 6.07) is 21.5. The summed E-state index contributed by atoms with van der Waals surface area (Å²) in [5, 5.41) is 2.30. The lowest BCUT2D eigenvalue weighted by Crippen LogP contribution is -2.15. The van der Waals surface area contributed by atoms with Gasteiger partial charge >= 0.3 is 0 Å². The van der Waals surface area contributed by atoms with Crippen LogP contribution in [0.5, 0.6) is 5.75 Å². The fraction of sp³-hybridized carbons (Fsp3) is 0.448. The van der Waals surface area contributed by atoms with Crippen molar-refractivity contribution in [1.29, 1.82) is 0 Å². The van der Waals surface area contributed by atoms with Gasteiger partial charge in [-0.15, -0.1) is 0 Å². The Balaban J connectivity index is 1.38. The van der Waals surface area contributed by atoms with E-state index in [0.29, 0.717) is 66.0 Å². The molecule has 0 saturated heterocycles. The number of aryl methyl sites for hydroxylation is 1. The first-order valence-electron chi connectivity index (χ1n) is 12.6. The van der Waals surface area contributed by atoms with Crippen LogP contribution in [0, 0.1) is 0 Å². The topological polar surface area (TPSA) is 72.2 Å². The third-order valence-corrected chi connectivity index (χ3v) is 5.55. The van der Waals surface area contributed by atoms with E-state index in [9.17, 15) is 0 Å². The number of ether oxygens (including phenoxy) is 5. The van der Waals surface area contributed by atoms with E-state index in [1.807, 2.05) is 6.07 Å². The molecule has 0 radical (unpaired) electrons. The van der Waals surface area contributed by atoms with Crippen molar-refractivity contribution in [2.24, 2.45) is 5.73 Å². The van der Waals surface area contributed by atoms with Crippen molar-refractivity contribution in [1.82, 2.24) is 0 Å². The van der Waals surface area contributed by atoms with Crippen molar-refractivity contribution in [3.63, 3.8) is 0 Å². The maximum absolute atomic E-state index is 6.06. The molecule has 3 aromatic carbocycles. The molecule has 0 bridgehead atoms. The lowest BCUT2D eigenvalue weighted by atomic mass is 9.96. The second-order valence-corrected chi connectivity index (χ2v) is 8.19. The Kier molecular flexibility index (Phi) is 12.6. The summed E-state index contributed by atoms with van der Waals surface area (Å²) < 4.78 is 27.8. The molecule has 0 unspecified atom stereocenters. The van der Waals surface area contributed by atoms with Gasteiger partial charge in [-0.1, -0.05) is 67.9 Å². The highest BCUT2D eigenvalue weighted by molar-refractivity contribution is 6.00. The average Bonchev–Trinajstić information content (AvgIpc) is 2.89. The monoisotopic (exact) mass is 481 g/mol. The van der Waals surface area contributed by atoms with E-state index in [0.717, 1.165) is 24.0 Å². The molecule has 0 atom stereocenters. The summed E-state index contributed by atoms with van der Waals surface area (Å²) in [5.41, 5.74) is 9.17. The molecule has 190 valence electrons. The van der Waals surface area contributed by atoms with Crippen LogP contribution >= 0.6 is 0 Å². The highest BCUT2D eigenvalue weighted by Gasteiger charge is 2.09. The van der Waals surface area contributed by atoms with Gasteiger partial charge in [0.2, 0.25) is 0 Å². The van der Waals surface area contributed by atoms with Crippen LogP contribution in [-0.4, -0.2) is 66.0 Å². The standard InChI is InChI=1S/C29H39NO5/c1-2-5-24-8-10-25(11-9-24)26-12-13-29(28-7-4-3-6-27(26)28)35-23-22-34-21-20-33-19-18-32-17-16-31-15-14-30/h3-4,6-13H,2,5,14-23,30H2,1H3. The van der Waals surface area contributed by atoms with Gasteiger partial charge in [-0.05, 0) is 34.6 Å². The molecular formula is C29H39NO5. The average molecular weight is 482 g/mol. The number of hydrogen-bond acceptors (Lipinski definition) is 6.